The van der Waals surface area contributed by atoms with Crippen molar-refractivity contribution in [1.82, 2.24) is 0 Å². The second-order valence-corrected chi connectivity index (χ2v) is 6.05. The number of thiol groups is 1. The molecule has 0 saturated heterocycles. The molecule has 0 aliphatic carbocycles. The maximum Gasteiger partial charge on any atom is 0.186 e. The molecule has 0 atom stereocenters. The molecule has 0 radical (unpaired) electrons. The van der Waals surface area contributed by atoms with Gasteiger partial charge in [-0.15, -0.1) is 12.6 Å². The lowest BCUT2D eigenvalue weighted by Crippen LogP contribution is -2.08. The number of hydrogen-bond donors (Lipinski definition) is 1. The molecule has 1 aliphatic rings. The van der Waals surface area contributed by atoms with Crippen molar-refractivity contribution in [1.29, 1.82) is 0 Å². The summed E-state index contributed by atoms with van der Waals surface area (Å²) in [5.74, 6) is 0.810. The van der Waals surface area contributed by atoms with Crippen LogP contribution in [0, 0.1) is 0 Å². The van der Waals surface area contributed by atoms with E-state index in [-0.39, 0.29) is 5.12 Å². The number of methoxy groups -OCH3 is 1. The fourth-order valence-electron chi connectivity index (χ4n) is 2.70. The Bertz CT molecular complexity index is 810. The van der Waals surface area contributed by atoms with Gasteiger partial charge in [0.2, 0.25) is 0 Å². The van der Waals surface area contributed by atoms with E-state index < -0.39 is 0 Å². The standard InChI is InChI=1S/C19H18N2O2S/c1-23-15-8-6-13(7-9-15)18-12-14-4-2-3-5-16(14)17(20-21-18)10-11-19(22)24/h2-9H,10-12H2,1H3,(H,22,24). The van der Waals surface area contributed by atoms with Gasteiger partial charge in [0.25, 0.3) is 0 Å². The van der Waals surface area contributed by atoms with Crippen molar-refractivity contribution in [3.63, 3.8) is 0 Å². The molecule has 2 aromatic rings. The highest BCUT2D eigenvalue weighted by Gasteiger charge is 2.16. The summed E-state index contributed by atoms with van der Waals surface area (Å²) in [5.41, 5.74) is 4.96. The average molecular weight is 338 g/mol. The summed E-state index contributed by atoms with van der Waals surface area (Å²) in [5, 5.41) is 8.73. The lowest BCUT2D eigenvalue weighted by molar-refractivity contribution is -0.110. The van der Waals surface area contributed by atoms with Crippen LogP contribution in [0.2, 0.25) is 0 Å². The van der Waals surface area contributed by atoms with Gasteiger partial charge in [-0.25, -0.2) is 0 Å². The van der Waals surface area contributed by atoms with E-state index in [4.69, 9.17) is 4.74 Å². The van der Waals surface area contributed by atoms with Gasteiger partial charge in [0.15, 0.2) is 5.12 Å². The molecule has 1 aliphatic heterocycles. The van der Waals surface area contributed by atoms with Crippen LogP contribution in [0.3, 0.4) is 0 Å². The largest absolute Gasteiger partial charge is 0.497 e. The summed E-state index contributed by atoms with van der Waals surface area (Å²) in [6.45, 7) is 0. The Balaban J connectivity index is 1.96. The van der Waals surface area contributed by atoms with Crippen LogP contribution < -0.4 is 4.74 Å². The lowest BCUT2D eigenvalue weighted by Gasteiger charge is -2.09. The van der Waals surface area contributed by atoms with Gasteiger partial charge in [0.05, 0.1) is 18.5 Å². The minimum Gasteiger partial charge on any atom is -0.497 e. The van der Waals surface area contributed by atoms with Crippen molar-refractivity contribution in [3.05, 3.63) is 65.2 Å². The number of benzene rings is 2. The highest BCUT2D eigenvalue weighted by atomic mass is 32.1. The zero-order chi connectivity index (χ0) is 16.9. The average Bonchev–Trinajstić information content (AvgIpc) is 2.79. The van der Waals surface area contributed by atoms with Crippen LogP contribution in [0.15, 0.2) is 58.7 Å². The normalized spacial score (nSPS) is 13.4. The third kappa shape index (κ3) is 3.74. The van der Waals surface area contributed by atoms with Crippen LogP contribution in [0.5, 0.6) is 5.75 Å². The quantitative estimate of drug-likeness (QED) is 0.846. The van der Waals surface area contributed by atoms with Crippen molar-refractivity contribution in [2.24, 2.45) is 10.2 Å². The summed E-state index contributed by atoms with van der Waals surface area (Å²) in [7, 11) is 1.65. The highest BCUT2D eigenvalue weighted by Crippen LogP contribution is 2.21. The number of hydrogen-bond acceptors (Lipinski definition) is 4. The lowest BCUT2D eigenvalue weighted by atomic mass is 9.95. The second kappa shape index (κ2) is 7.45. The molecule has 24 heavy (non-hydrogen) atoms. The molecule has 0 aromatic heterocycles. The van der Waals surface area contributed by atoms with Gasteiger partial charge in [-0.3, -0.25) is 4.79 Å². The smallest absolute Gasteiger partial charge is 0.186 e. The van der Waals surface area contributed by atoms with E-state index in [1.54, 1.807) is 7.11 Å². The molecule has 4 nitrogen and oxygen atoms in total. The Morgan fingerprint density at radius 3 is 2.58 bits per heavy atom. The SMILES string of the molecule is COc1ccc(C2=NN=C(CCC(=O)S)c3ccccc3C2)cc1. The number of nitrogens with zero attached hydrogens (tertiary/aromatic N) is 2. The number of carbonyl (C=O) groups excluding carboxylic acids is 1. The monoisotopic (exact) mass is 338 g/mol. The Morgan fingerprint density at radius 1 is 1.12 bits per heavy atom. The van der Waals surface area contributed by atoms with E-state index in [0.29, 0.717) is 19.3 Å². The maximum absolute atomic E-state index is 11.2. The second-order valence-electron chi connectivity index (χ2n) is 5.55. The van der Waals surface area contributed by atoms with Gasteiger partial charge in [0, 0.05) is 18.4 Å². The van der Waals surface area contributed by atoms with E-state index >= 15 is 0 Å². The molecule has 5 heteroatoms. The number of fused-ring (bicyclic) bond motifs is 1. The number of rotatable bonds is 5. The highest BCUT2D eigenvalue weighted by molar-refractivity contribution is 7.96. The fourth-order valence-corrected chi connectivity index (χ4v) is 2.81. The first-order valence-electron chi connectivity index (χ1n) is 7.75. The first-order valence-corrected chi connectivity index (χ1v) is 8.20. The predicted molar refractivity (Wildman–Crippen MR) is 99.4 cm³/mol. The van der Waals surface area contributed by atoms with Crippen LogP contribution in [-0.2, 0) is 11.2 Å². The zero-order valence-corrected chi connectivity index (χ0v) is 14.3. The molecule has 0 bridgehead atoms. The van der Waals surface area contributed by atoms with Crippen molar-refractivity contribution < 1.29 is 9.53 Å². The van der Waals surface area contributed by atoms with Gasteiger partial charge in [0.1, 0.15) is 5.75 Å². The van der Waals surface area contributed by atoms with Crippen molar-refractivity contribution in [2.75, 3.05) is 7.11 Å². The van der Waals surface area contributed by atoms with Gasteiger partial charge in [-0.1, -0.05) is 24.3 Å². The van der Waals surface area contributed by atoms with Gasteiger partial charge < -0.3 is 4.74 Å². The third-order valence-corrected chi connectivity index (χ3v) is 4.20. The molecule has 0 spiro atoms. The maximum atomic E-state index is 11.2. The Kier molecular flexibility index (Phi) is 5.11. The van der Waals surface area contributed by atoms with Gasteiger partial charge in [-0.05, 0) is 41.8 Å². The zero-order valence-electron chi connectivity index (χ0n) is 13.4. The summed E-state index contributed by atoms with van der Waals surface area (Å²) >= 11 is 3.85. The molecule has 0 amide bonds. The molecule has 0 N–H and O–H groups in total. The van der Waals surface area contributed by atoms with E-state index in [9.17, 15) is 4.79 Å². The first-order chi connectivity index (χ1) is 11.7. The molecule has 1 heterocycles. The predicted octanol–water partition coefficient (Wildman–Crippen LogP) is 3.68. The molecule has 0 saturated carbocycles. The first kappa shape index (κ1) is 16.5. The Labute approximate surface area is 146 Å². The van der Waals surface area contributed by atoms with Crippen LogP contribution in [-0.4, -0.2) is 23.6 Å². The Hall–Kier alpha value is -2.40. The van der Waals surface area contributed by atoms with Crippen LogP contribution in [0.25, 0.3) is 0 Å². The minimum atomic E-state index is -0.140. The molecule has 3 rings (SSSR count). The number of carbonyl (C=O) groups is 1. The van der Waals surface area contributed by atoms with E-state index in [1.807, 2.05) is 42.5 Å². The molecule has 0 unspecified atom stereocenters. The Morgan fingerprint density at radius 2 is 1.88 bits per heavy atom. The molecular formula is C19H18N2O2S. The molecule has 0 fully saturated rings. The van der Waals surface area contributed by atoms with Crippen molar-refractivity contribution in [2.45, 2.75) is 19.3 Å². The van der Waals surface area contributed by atoms with Crippen molar-refractivity contribution in [3.8, 4) is 5.75 Å². The van der Waals surface area contributed by atoms with Crippen LogP contribution in [0.1, 0.15) is 29.5 Å². The van der Waals surface area contributed by atoms with Gasteiger partial charge in [-0.2, -0.15) is 10.2 Å². The molecule has 2 aromatic carbocycles. The number of ether oxygens (including phenoxy) is 1. The molecule has 122 valence electrons. The van der Waals surface area contributed by atoms with Crippen molar-refractivity contribution >= 4 is 29.2 Å². The summed E-state index contributed by atoms with van der Waals surface area (Å²) in [6.07, 6.45) is 1.59. The summed E-state index contributed by atoms with van der Waals surface area (Å²) < 4.78 is 5.20. The van der Waals surface area contributed by atoms with Crippen LogP contribution >= 0.6 is 12.6 Å². The fraction of sp³-hybridized carbons (Fsp3) is 0.211. The summed E-state index contributed by atoms with van der Waals surface area (Å²) in [6, 6.07) is 15.9. The third-order valence-electron chi connectivity index (χ3n) is 3.98. The molecular weight excluding hydrogens is 320 g/mol. The minimum absolute atomic E-state index is 0.140. The topological polar surface area (TPSA) is 51.0 Å². The van der Waals surface area contributed by atoms with E-state index in [2.05, 4.69) is 28.9 Å². The summed E-state index contributed by atoms with van der Waals surface area (Å²) in [4.78, 5) is 11.2. The van der Waals surface area contributed by atoms with E-state index in [1.165, 1.54) is 0 Å². The van der Waals surface area contributed by atoms with Crippen LogP contribution in [0.4, 0.5) is 0 Å². The van der Waals surface area contributed by atoms with Gasteiger partial charge >= 0.3 is 0 Å². The van der Waals surface area contributed by atoms with E-state index in [0.717, 1.165) is 33.9 Å².